The van der Waals surface area contributed by atoms with Gasteiger partial charge in [0.05, 0.1) is 5.54 Å². The maximum atomic E-state index is 5.92. The topological polar surface area (TPSA) is 35.2 Å². The van der Waals surface area contributed by atoms with Crippen LogP contribution in [0.5, 0.6) is 5.75 Å². The van der Waals surface area contributed by atoms with E-state index in [4.69, 9.17) is 22.1 Å². The summed E-state index contributed by atoms with van der Waals surface area (Å²) in [7, 11) is 0. The summed E-state index contributed by atoms with van der Waals surface area (Å²) in [4.78, 5) is 0. The zero-order chi connectivity index (χ0) is 10.2. The quantitative estimate of drug-likeness (QED) is 0.834. The highest BCUT2D eigenvalue weighted by Crippen LogP contribution is 2.33. The molecule has 0 saturated heterocycles. The van der Waals surface area contributed by atoms with Crippen molar-refractivity contribution in [2.75, 3.05) is 6.61 Å². The van der Waals surface area contributed by atoms with Crippen LogP contribution in [0.2, 0.25) is 5.02 Å². The molecule has 1 aromatic rings. The van der Waals surface area contributed by atoms with Gasteiger partial charge >= 0.3 is 0 Å². The Morgan fingerprint density at radius 1 is 1.50 bits per heavy atom. The van der Waals surface area contributed by atoms with Crippen LogP contribution in [0, 0.1) is 6.92 Å². The molecule has 2 N–H and O–H groups in total. The number of hydrogen-bond donors (Lipinski definition) is 1. The average molecular weight is 212 g/mol. The molecule has 2 rings (SSSR count). The second-order valence-corrected chi connectivity index (χ2v) is 4.50. The lowest BCUT2D eigenvalue weighted by Crippen LogP contribution is -2.29. The van der Waals surface area contributed by atoms with Crippen LogP contribution in [0.4, 0.5) is 0 Å². The molecule has 0 aliphatic heterocycles. The minimum atomic E-state index is -0.0746. The smallest absolute Gasteiger partial charge is 0.123 e. The molecular weight excluding hydrogens is 198 g/mol. The highest BCUT2D eigenvalue weighted by molar-refractivity contribution is 6.30. The van der Waals surface area contributed by atoms with E-state index in [0.717, 1.165) is 24.2 Å². The molecule has 0 bridgehead atoms. The van der Waals surface area contributed by atoms with Crippen molar-refractivity contribution in [3.05, 3.63) is 28.8 Å². The van der Waals surface area contributed by atoms with Gasteiger partial charge in [-0.25, -0.2) is 0 Å². The molecule has 0 heterocycles. The van der Waals surface area contributed by atoms with Crippen LogP contribution in [0.3, 0.4) is 0 Å². The lowest BCUT2D eigenvalue weighted by molar-refractivity contribution is 0.278. The fourth-order valence-electron chi connectivity index (χ4n) is 1.26. The largest absolute Gasteiger partial charge is 0.491 e. The summed E-state index contributed by atoms with van der Waals surface area (Å²) in [6.45, 7) is 2.59. The van der Waals surface area contributed by atoms with Crippen LogP contribution in [0.25, 0.3) is 0 Å². The zero-order valence-corrected chi connectivity index (χ0v) is 8.97. The Morgan fingerprint density at radius 3 is 2.86 bits per heavy atom. The van der Waals surface area contributed by atoms with Gasteiger partial charge in [0.2, 0.25) is 0 Å². The highest BCUT2D eigenvalue weighted by Gasteiger charge is 2.39. The van der Waals surface area contributed by atoms with Gasteiger partial charge in [0.15, 0.2) is 0 Å². The minimum Gasteiger partial charge on any atom is -0.491 e. The third-order valence-electron chi connectivity index (χ3n) is 2.56. The van der Waals surface area contributed by atoms with Gasteiger partial charge < -0.3 is 10.5 Å². The summed E-state index contributed by atoms with van der Waals surface area (Å²) in [5.74, 6) is 0.842. The van der Waals surface area contributed by atoms with Crippen molar-refractivity contribution in [2.24, 2.45) is 5.73 Å². The molecule has 76 valence electrons. The Bertz CT molecular complexity index is 347. The van der Waals surface area contributed by atoms with Crippen LogP contribution in [-0.4, -0.2) is 12.1 Å². The van der Waals surface area contributed by atoms with Gasteiger partial charge in [0.1, 0.15) is 12.4 Å². The molecule has 0 amide bonds. The third-order valence-corrected chi connectivity index (χ3v) is 2.79. The minimum absolute atomic E-state index is 0.0746. The molecule has 0 aromatic heterocycles. The van der Waals surface area contributed by atoms with E-state index in [2.05, 4.69) is 0 Å². The van der Waals surface area contributed by atoms with Crippen LogP contribution in [-0.2, 0) is 0 Å². The molecule has 1 fully saturated rings. The summed E-state index contributed by atoms with van der Waals surface area (Å²) in [5, 5.41) is 0.701. The molecule has 14 heavy (non-hydrogen) atoms. The van der Waals surface area contributed by atoms with Crippen LogP contribution < -0.4 is 10.5 Å². The molecule has 0 radical (unpaired) electrons. The summed E-state index contributed by atoms with van der Waals surface area (Å²) in [5.41, 5.74) is 6.95. The van der Waals surface area contributed by atoms with E-state index < -0.39 is 0 Å². The molecule has 3 heteroatoms. The average Bonchev–Trinajstić information content (AvgIpc) is 2.87. The molecule has 2 nitrogen and oxygen atoms in total. The SMILES string of the molecule is Cc1ccc(Cl)cc1OCC1(N)CC1. The number of nitrogens with two attached hydrogens (primary N) is 1. The molecule has 0 atom stereocenters. The van der Waals surface area contributed by atoms with Crippen molar-refractivity contribution >= 4 is 11.6 Å². The van der Waals surface area contributed by atoms with E-state index in [1.807, 2.05) is 25.1 Å². The number of aryl methyl sites for hydroxylation is 1. The summed E-state index contributed by atoms with van der Waals surface area (Å²) < 4.78 is 5.64. The maximum absolute atomic E-state index is 5.92. The fraction of sp³-hybridized carbons (Fsp3) is 0.455. The maximum Gasteiger partial charge on any atom is 0.123 e. The highest BCUT2D eigenvalue weighted by atomic mass is 35.5. The van der Waals surface area contributed by atoms with E-state index >= 15 is 0 Å². The fourth-order valence-corrected chi connectivity index (χ4v) is 1.42. The van der Waals surface area contributed by atoms with Crippen molar-refractivity contribution in [3.8, 4) is 5.75 Å². The zero-order valence-electron chi connectivity index (χ0n) is 8.22. The van der Waals surface area contributed by atoms with Gasteiger partial charge in [-0.2, -0.15) is 0 Å². The standard InChI is InChI=1S/C11H14ClNO/c1-8-2-3-9(12)6-10(8)14-7-11(13)4-5-11/h2-3,6H,4-5,7,13H2,1H3. The van der Waals surface area contributed by atoms with Crippen molar-refractivity contribution in [1.82, 2.24) is 0 Å². The lowest BCUT2D eigenvalue weighted by Gasteiger charge is -2.13. The van der Waals surface area contributed by atoms with Gasteiger partial charge in [0.25, 0.3) is 0 Å². The van der Waals surface area contributed by atoms with Gasteiger partial charge in [-0.15, -0.1) is 0 Å². The predicted molar refractivity (Wildman–Crippen MR) is 57.8 cm³/mol. The molecule has 0 unspecified atom stereocenters. The second kappa shape index (κ2) is 3.44. The number of hydrogen-bond acceptors (Lipinski definition) is 2. The van der Waals surface area contributed by atoms with E-state index in [1.165, 1.54) is 0 Å². The summed E-state index contributed by atoms with van der Waals surface area (Å²) in [6.07, 6.45) is 2.12. The molecule has 1 saturated carbocycles. The monoisotopic (exact) mass is 211 g/mol. The molecule has 1 aliphatic rings. The first-order valence-corrected chi connectivity index (χ1v) is 5.15. The van der Waals surface area contributed by atoms with Gasteiger partial charge in [-0.1, -0.05) is 17.7 Å². The number of ether oxygens (including phenoxy) is 1. The first-order valence-electron chi connectivity index (χ1n) is 4.77. The molecule has 0 spiro atoms. The van der Waals surface area contributed by atoms with Crippen molar-refractivity contribution < 1.29 is 4.74 Å². The van der Waals surface area contributed by atoms with Crippen LogP contribution in [0.1, 0.15) is 18.4 Å². The van der Waals surface area contributed by atoms with Crippen molar-refractivity contribution in [1.29, 1.82) is 0 Å². The lowest BCUT2D eigenvalue weighted by atomic mass is 10.2. The molecule has 1 aromatic carbocycles. The number of halogens is 1. The Kier molecular flexibility index (Phi) is 2.41. The van der Waals surface area contributed by atoms with E-state index in [1.54, 1.807) is 0 Å². The molecular formula is C11H14ClNO. The summed E-state index contributed by atoms with van der Waals surface area (Å²) in [6, 6.07) is 5.65. The number of benzene rings is 1. The van der Waals surface area contributed by atoms with Crippen LogP contribution in [0.15, 0.2) is 18.2 Å². The summed E-state index contributed by atoms with van der Waals surface area (Å²) >= 11 is 5.87. The van der Waals surface area contributed by atoms with E-state index in [0.29, 0.717) is 11.6 Å². The normalized spacial score (nSPS) is 17.9. The molecule has 1 aliphatic carbocycles. The van der Waals surface area contributed by atoms with Gasteiger partial charge in [-0.05, 0) is 37.5 Å². The number of rotatable bonds is 3. The predicted octanol–water partition coefficient (Wildman–Crippen LogP) is 2.52. The van der Waals surface area contributed by atoms with Crippen molar-refractivity contribution in [2.45, 2.75) is 25.3 Å². The van der Waals surface area contributed by atoms with E-state index in [-0.39, 0.29) is 5.54 Å². The third kappa shape index (κ3) is 2.20. The van der Waals surface area contributed by atoms with Crippen LogP contribution >= 0.6 is 11.6 Å². The Hall–Kier alpha value is -0.730. The van der Waals surface area contributed by atoms with Gasteiger partial charge in [-0.3, -0.25) is 0 Å². The van der Waals surface area contributed by atoms with E-state index in [9.17, 15) is 0 Å². The first-order chi connectivity index (χ1) is 6.59. The first kappa shape index (κ1) is 9.81. The Morgan fingerprint density at radius 2 is 2.21 bits per heavy atom. The second-order valence-electron chi connectivity index (χ2n) is 4.06. The van der Waals surface area contributed by atoms with Gasteiger partial charge in [0, 0.05) is 5.02 Å². The van der Waals surface area contributed by atoms with Crippen molar-refractivity contribution in [3.63, 3.8) is 0 Å². The Balaban J connectivity index is 2.04. The Labute approximate surface area is 89.0 Å².